The van der Waals surface area contributed by atoms with E-state index in [2.05, 4.69) is 20.8 Å². The van der Waals surface area contributed by atoms with Crippen LogP contribution < -0.4 is 10.6 Å². The summed E-state index contributed by atoms with van der Waals surface area (Å²) in [7, 11) is 0. The average molecular weight is 485 g/mol. The lowest BCUT2D eigenvalue weighted by Crippen LogP contribution is -2.37. The highest BCUT2D eigenvalue weighted by atomic mass is 16.5. The van der Waals surface area contributed by atoms with Crippen molar-refractivity contribution in [3.63, 3.8) is 0 Å². The van der Waals surface area contributed by atoms with E-state index in [1.165, 1.54) is 12.1 Å². The Labute approximate surface area is 207 Å². The molecular formula is C27H24N4O5. The molecule has 2 N–H and O–H groups in total. The molecule has 0 fully saturated rings. The number of hydrogen-bond donors (Lipinski definition) is 2. The summed E-state index contributed by atoms with van der Waals surface area (Å²) in [4.78, 5) is 36.4. The highest BCUT2D eigenvalue weighted by Gasteiger charge is 2.15. The van der Waals surface area contributed by atoms with Crippen LogP contribution in [-0.2, 0) is 9.53 Å². The maximum atomic E-state index is 12.3. The summed E-state index contributed by atoms with van der Waals surface area (Å²) in [6.07, 6.45) is 0. The normalized spacial score (nSPS) is 10.5. The molecule has 0 saturated heterocycles. The molecule has 4 rings (SSSR count). The average Bonchev–Trinajstić information content (AvgIpc) is 3.35. The van der Waals surface area contributed by atoms with Crippen molar-refractivity contribution in [2.24, 2.45) is 0 Å². The van der Waals surface area contributed by atoms with Crippen LogP contribution in [0.3, 0.4) is 0 Å². The minimum absolute atomic E-state index is 0.227. The van der Waals surface area contributed by atoms with Gasteiger partial charge in [0.1, 0.15) is 0 Å². The first-order valence-corrected chi connectivity index (χ1v) is 11.2. The summed E-state index contributed by atoms with van der Waals surface area (Å²) in [6.45, 7) is 5.14. The van der Waals surface area contributed by atoms with Crippen molar-refractivity contribution in [2.75, 3.05) is 11.9 Å². The first kappa shape index (κ1) is 24.3. The standard InChI is InChI=1S/C27H24N4O5/c1-16-8-13-22(18(3)14-16)28-27(34)29-23(32)15-35-26(33)20-11-9-19(10-12-20)24-30-31-25(36-24)21-7-5-4-6-17(21)2/h4-14H,15H2,1-3H3,(H2,28,29,32,34). The summed E-state index contributed by atoms with van der Waals surface area (Å²) >= 11 is 0. The van der Waals surface area contributed by atoms with Gasteiger partial charge in [-0.3, -0.25) is 10.1 Å². The third kappa shape index (κ3) is 5.82. The highest BCUT2D eigenvalue weighted by Crippen LogP contribution is 2.26. The van der Waals surface area contributed by atoms with Crippen LogP contribution in [0, 0.1) is 20.8 Å². The van der Waals surface area contributed by atoms with Gasteiger partial charge in [0.15, 0.2) is 6.61 Å². The maximum absolute atomic E-state index is 12.3. The van der Waals surface area contributed by atoms with Crippen LogP contribution in [-0.4, -0.2) is 34.7 Å². The van der Waals surface area contributed by atoms with Gasteiger partial charge in [-0.25, -0.2) is 9.59 Å². The summed E-state index contributed by atoms with van der Waals surface area (Å²) in [5.41, 5.74) is 5.20. The SMILES string of the molecule is Cc1ccc(NC(=O)NC(=O)COC(=O)c2ccc(-c3nnc(-c4ccccc4C)o3)cc2)c(C)c1. The molecule has 0 aliphatic heterocycles. The molecule has 4 aromatic rings. The van der Waals surface area contributed by atoms with Gasteiger partial charge in [-0.1, -0.05) is 35.9 Å². The molecule has 0 aliphatic rings. The second-order valence-electron chi connectivity index (χ2n) is 8.20. The number of amides is 3. The third-order valence-corrected chi connectivity index (χ3v) is 5.39. The lowest BCUT2D eigenvalue weighted by atomic mass is 10.1. The molecule has 0 unspecified atom stereocenters. The summed E-state index contributed by atoms with van der Waals surface area (Å²) in [6, 6.07) is 18.8. The van der Waals surface area contributed by atoms with E-state index in [4.69, 9.17) is 9.15 Å². The van der Waals surface area contributed by atoms with Crippen LogP contribution in [0.25, 0.3) is 22.9 Å². The molecule has 0 spiro atoms. The van der Waals surface area contributed by atoms with Gasteiger partial charge in [0.2, 0.25) is 11.8 Å². The highest BCUT2D eigenvalue weighted by molar-refractivity contribution is 6.02. The van der Waals surface area contributed by atoms with Crippen LogP contribution in [0.1, 0.15) is 27.0 Å². The first-order chi connectivity index (χ1) is 17.3. The van der Waals surface area contributed by atoms with E-state index in [0.29, 0.717) is 23.0 Å². The number of aromatic nitrogens is 2. The maximum Gasteiger partial charge on any atom is 0.338 e. The number of nitrogens with zero attached hydrogens (tertiary/aromatic N) is 2. The molecule has 9 heteroatoms. The number of anilines is 1. The fourth-order valence-corrected chi connectivity index (χ4v) is 3.50. The quantitative estimate of drug-likeness (QED) is 0.376. The number of nitrogens with one attached hydrogen (secondary N) is 2. The van der Waals surface area contributed by atoms with Crippen molar-refractivity contribution in [3.8, 4) is 22.9 Å². The summed E-state index contributed by atoms with van der Waals surface area (Å²) < 4.78 is 10.8. The largest absolute Gasteiger partial charge is 0.452 e. The smallest absolute Gasteiger partial charge is 0.338 e. The Morgan fingerprint density at radius 3 is 2.31 bits per heavy atom. The number of aryl methyl sites for hydroxylation is 3. The minimum Gasteiger partial charge on any atom is -0.452 e. The zero-order valence-corrected chi connectivity index (χ0v) is 20.0. The van der Waals surface area contributed by atoms with Crippen molar-refractivity contribution in [1.29, 1.82) is 0 Å². The van der Waals surface area contributed by atoms with Crippen molar-refractivity contribution in [3.05, 3.63) is 89.0 Å². The topological polar surface area (TPSA) is 123 Å². The molecule has 9 nitrogen and oxygen atoms in total. The molecule has 182 valence electrons. The van der Waals surface area contributed by atoms with Crippen LogP contribution in [0.4, 0.5) is 10.5 Å². The summed E-state index contributed by atoms with van der Waals surface area (Å²) in [5, 5.41) is 12.9. The fraction of sp³-hybridized carbons (Fsp3) is 0.148. The Morgan fingerprint density at radius 2 is 1.58 bits per heavy atom. The lowest BCUT2D eigenvalue weighted by Gasteiger charge is -2.10. The summed E-state index contributed by atoms with van der Waals surface area (Å²) in [5.74, 6) is -0.754. The zero-order chi connectivity index (χ0) is 25.7. The Bertz CT molecular complexity index is 1430. The zero-order valence-electron chi connectivity index (χ0n) is 20.0. The van der Waals surface area contributed by atoms with Gasteiger partial charge >= 0.3 is 12.0 Å². The Kier molecular flexibility index (Phi) is 7.20. The van der Waals surface area contributed by atoms with Gasteiger partial charge in [-0.15, -0.1) is 10.2 Å². The molecule has 0 bridgehead atoms. The molecule has 0 atom stereocenters. The number of benzene rings is 3. The van der Waals surface area contributed by atoms with Gasteiger partial charge in [0, 0.05) is 16.8 Å². The molecule has 1 aromatic heterocycles. The van der Waals surface area contributed by atoms with E-state index in [1.54, 1.807) is 18.2 Å². The van der Waals surface area contributed by atoms with Crippen molar-refractivity contribution >= 4 is 23.6 Å². The number of hydrogen-bond acceptors (Lipinski definition) is 7. The molecule has 36 heavy (non-hydrogen) atoms. The molecule has 3 amide bonds. The van der Waals surface area contributed by atoms with Crippen molar-refractivity contribution in [2.45, 2.75) is 20.8 Å². The molecule has 0 aliphatic carbocycles. The Morgan fingerprint density at radius 1 is 0.861 bits per heavy atom. The van der Waals surface area contributed by atoms with E-state index in [1.807, 2.05) is 57.2 Å². The molecular weight excluding hydrogens is 460 g/mol. The van der Waals surface area contributed by atoms with E-state index >= 15 is 0 Å². The van der Waals surface area contributed by atoms with Gasteiger partial charge in [0.25, 0.3) is 5.91 Å². The van der Waals surface area contributed by atoms with Gasteiger partial charge in [0.05, 0.1) is 5.56 Å². The van der Waals surface area contributed by atoms with E-state index in [9.17, 15) is 14.4 Å². The van der Waals surface area contributed by atoms with Crippen LogP contribution in [0.2, 0.25) is 0 Å². The number of ether oxygens (including phenoxy) is 1. The number of urea groups is 1. The minimum atomic E-state index is -0.753. The number of imide groups is 1. The monoisotopic (exact) mass is 484 g/mol. The third-order valence-electron chi connectivity index (χ3n) is 5.39. The Balaban J connectivity index is 1.30. The van der Waals surface area contributed by atoms with Gasteiger partial charge < -0.3 is 14.5 Å². The Hall–Kier alpha value is -4.79. The predicted molar refractivity (Wildman–Crippen MR) is 133 cm³/mol. The van der Waals surface area contributed by atoms with E-state index in [-0.39, 0.29) is 5.56 Å². The van der Waals surface area contributed by atoms with Crippen LogP contribution in [0.5, 0.6) is 0 Å². The van der Waals surface area contributed by atoms with Crippen molar-refractivity contribution in [1.82, 2.24) is 15.5 Å². The van der Waals surface area contributed by atoms with Crippen LogP contribution >= 0.6 is 0 Å². The number of esters is 1. The molecule has 0 saturated carbocycles. The second kappa shape index (κ2) is 10.6. The van der Waals surface area contributed by atoms with Crippen molar-refractivity contribution < 1.29 is 23.5 Å². The molecule has 1 heterocycles. The lowest BCUT2D eigenvalue weighted by molar-refractivity contribution is -0.123. The number of rotatable bonds is 6. The number of carbonyl (C=O) groups is 3. The number of carbonyl (C=O) groups excluding carboxylic acids is 3. The first-order valence-electron chi connectivity index (χ1n) is 11.2. The predicted octanol–water partition coefficient (Wildman–Crippen LogP) is 4.83. The molecule has 0 radical (unpaired) electrons. The van der Waals surface area contributed by atoms with Gasteiger partial charge in [-0.2, -0.15) is 0 Å². The molecule has 3 aromatic carbocycles. The van der Waals surface area contributed by atoms with E-state index in [0.717, 1.165) is 22.3 Å². The fourth-order valence-electron chi connectivity index (χ4n) is 3.50. The second-order valence-corrected chi connectivity index (χ2v) is 8.20. The van der Waals surface area contributed by atoms with Gasteiger partial charge in [-0.05, 0) is 68.3 Å². The van der Waals surface area contributed by atoms with Crippen LogP contribution in [0.15, 0.2) is 71.1 Å². The van der Waals surface area contributed by atoms with E-state index < -0.39 is 24.5 Å².